The molecule has 2 rings (SSSR count). The Morgan fingerprint density at radius 3 is 2.72 bits per heavy atom. The van der Waals surface area contributed by atoms with Gasteiger partial charge in [-0.15, -0.1) is 0 Å². The summed E-state index contributed by atoms with van der Waals surface area (Å²) in [6.07, 6.45) is 1.52. The Morgan fingerprint density at radius 2 is 2.08 bits per heavy atom. The van der Waals surface area contributed by atoms with Gasteiger partial charge in [-0.25, -0.2) is 0 Å². The molecule has 0 aliphatic carbocycles. The van der Waals surface area contributed by atoms with E-state index in [1.807, 2.05) is 31.2 Å². The van der Waals surface area contributed by atoms with Gasteiger partial charge in [-0.2, -0.15) is 5.26 Å². The van der Waals surface area contributed by atoms with Gasteiger partial charge in [-0.3, -0.25) is 4.79 Å². The van der Waals surface area contributed by atoms with Crippen molar-refractivity contribution in [1.82, 2.24) is 0 Å². The van der Waals surface area contributed by atoms with Crippen LogP contribution in [0.1, 0.15) is 12.5 Å². The zero-order chi connectivity index (χ0) is 18.2. The molecule has 0 aliphatic heterocycles. The Morgan fingerprint density at radius 1 is 1.28 bits per heavy atom. The highest BCUT2D eigenvalue weighted by Crippen LogP contribution is 2.29. The van der Waals surface area contributed by atoms with Crippen molar-refractivity contribution in [2.45, 2.75) is 6.92 Å². The molecule has 0 heterocycles. The number of halogens is 1. The third kappa shape index (κ3) is 5.22. The Labute approximate surface area is 160 Å². The fourth-order valence-electron chi connectivity index (χ4n) is 2.13. The molecule has 6 heteroatoms. The molecule has 0 spiro atoms. The summed E-state index contributed by atoms with van der Waals surface area (Å²) in [5.74, 6) is 0.701. The molecule has 0 atom stereocenters. The minimum atomic E-state index is -0.461. The molecule has 128 valence electrons. The SMILES string of the molecule is CCOc1ccc(/C=C(\C#N)C(=O)Nc2cccc(I)c2)cc1OC. The zero-order valence-electron chi connectivity index (χ0n) is 13.9. The Kier molecular flexibility index (Phi) is 6.83. The van der Waals surface area contributed by atoms with E-state index in [2.05, 4.69) is 27.9 Å². The Hall–Kier alpha value is -2.53. The normalized spacial score (nSPS) is 10.7. The molecular formula is C19H17IN2O3. The van der Waals surface area contributed by atoms with Crippen molar-refractivity contribution >= 4 is 40.3 Å². The quantitative estimate of drug-likeness (QED) is 0.408. The number of ether oxygens (including phenoxy) is 2. The highest BCUT2D eigenvalue weighted by atomic mass is 127. The number of carbonyl (C=O) groups is 1. The number of nitrogens with one attached hydrogen (secondary N) is 1. The number of nitriles is 1. The minimum absolute atomic E-state index is 0.00470. The van der Waals surface area contributed by atoms with Crippen LogP contribution in [0.3, 0.4) is 0 Å². The molecule has 2 aromatic rings. The third-order valence-electron chi connectivity index (χ3n) is 3.25. The highest BCUT2D eigenvalue weighted by Gasteiger charge is 2.11. The fourth-order valence-corrected chi connectivity index (χ4v) is 2.67. The van der Waals surface area contributed by atoms with Gasteiger partial charge >= 0.3 is 0 Å². The van der Waals surface area contributed by atoms with Gasteiger partial charge in [0.25, 0.3) is 5.91 Å². The molecule has 0 saturated heterocycles. The van der Waals surface area contributed by atoms with Crippen molar-refractivity contribution in [2.24, 2.45) is 0 Å². The molecule has 25 heavy (non-hydrogen) atoms. The second kappa shape index (κ2) is 9.08. The van der Waals surface area contributed by atoms with Crippen LogP contribution in [0.4, 0.5) is 5.69 Å². The van der Waals surface area contributed by atoms with Crippen LogP contribution in [0.2, 0.25) is 0 Å². The lowest BCUT2D eigenvalue weighted by Crippen LogP contribution is -2.13. The van der Waals surface area contributed by atoms with Gasteiger partial charge in [-0.05, 0) is 71.5 Å². The number of nitrogens with zero attached hydrogens (tertiary/aromatic N) is 1. The summed E-state index contributed by atoms with van der Waals surface area (Å²) in [6, 6.07) is 14.5. The van der Waals surface area contributed by atoms with Gasteiger partial charge in [0.05, 0.1) is 13.7 Å². The number of carbonyl (C=O) groups excluding carboxylic acids is 1. The van der Waals surface area contributed by atoms with Crippen LogP contribution >= 0.6 is 22.6 Å². The molecule has 0 aromatic heterocycles. The lowest BCUT2D eigenvalue weighted by atomic mass is 10.1. The molecule has 0 fully saturated rings. The number of hydrogen-bond donors (Lipinski definition) is 1. The summed E-state index contributed by atoms with van der Waals surface area (Å²) in [5.41, 5.74) is 1.32. The molecule has 0 aliphatic rings. The molecule has 2 aromatic carbocycles. The molecule has 1 amide bonds. The maximum Gasteiger partial charge on any atom is 0.266 e. The van der Waals surface area contributed by atoms with E-state index in [1.165, 1.54) is 6.08 Å². The number of methoxy groups -OCH3 is 1. The van der Waals surface area contributed by atoms with Crippen LogP contribution in [0.25, 0.3) is 6.08 Å². The van der Waals surface area contributed by atoms with Crippen molar-refractivity contribution in [3.05, 3.63) is 57.2 Å². The van der Waals surface area contributed by atoms with Gasteiger partial charge in [0.1, 0.15) is 11.6 Å². The van der Waals surface area contributed by atoms with E-state index in [0.717, 1.165) is 3.57 Å². The number of rotatable bonds is 6. The van der Waals surface area contributed by atoms with E-state index in [0.29, 0.717) is 29.4 Å². The van der Waals surface area contributed by atoms with E-state index >= 15 is 0 Å². The molecule has 0 radical (unpaired) electrons. The fraction of sp³-hybridized carbons (Fsp3) is 0.158. The number of amides is 1. The van der Waals surface area contributed by atoms with Crippen molar-refractivity contribution in [3.8, 4) is 17.6 Å². The molecular weight excluding hydrogens is 431 g/mol. The predicted molar refractivity (Wildman–Crippen MR) is 106 cm³/mol. The summed E-state index contributed by atoms with van der Waals surface area (Å²) in [5, 5.41) is 12.0. The standard InChI is InChI=1S/C19H17IN2O3/c1-3-25-17-8-7-13(10-18(17)24-2)9-14(12-21)19(23)22-16-6-4-5-15(20)11-16/h4-11H,3H2,1-2H3,(H,22,23)/b14-9+. The zero-order valence-corrected chi connectivity index (χ0v) is 16.0. The lowest BCUT2D eigenvalue weighted by Gasteiger charge is -2.10. The van der Waals surface area contributed by atoms with Gasteiger partial charge in [0, 0.05) is 9.26 Å². The summed E-state index contributed by atoms with van der Waals surface area (Å²) in [6.45, 7) is 2.41. The Balaban J connectivity index is 2.24. The second-order valence-corrected chi connectivity index (χ2v) is 6.22. The highest BCUT2D eigenvalue weighted by molar-refractivity contribution is 14.1. The van der Waals surface area contributed by atoms with Gasteiger partial charge in [0.2, 0.25) is 0 Å². The van der Waals surface area contributed by atoms with E-state index in [9.17, 15) is 10.1 Å². The van der Waals surface area contributed by atoms with Gasteiger partial charge < -0.3 is 14.8 Å². The van der Waals surface area contributed by atoms with Crippen LogP contribution in [0, 0.1) is 14.9 Å². The van der Waals surface area contributed by atoms with Crippen LogP contribution in [0.5, 0.6) is 11.5 Å². The van der Waals surface area contributed by atoms with E-state index in [-0.39, 0.29) is 5.57 Å². The first-order chi connectivity index (χ1) is 12.1. The topological polar surface area (TPSA) is 71.3 Å². The van der Waals surface area contributed by atoms with Gasteiger partial charge in [-0.1, -0.05) is 12.1 Å². The maximum atomic E-state index is 12.3. The molecule has 0 saturated carbocycles. The Bertz CT molecular complexity index is 841. The average Bonchev–Trinajstić information content (AvgIpc) is 2.60. The van der Waals surface area contributed by atoms with E-state index < -0.39 is 5.91 Å². The molecule has 1 N–H and O–H groups in total. The first-order valence-electron chi connectivity index (χ1n) is 7.57. The van der Waals surface area contributed by atoms with Crippen LogP contribution in [-0.4, -0.2) is 19.6 Å². The van der Waals surface area contributed by atoms with Crippen molar-refractivity contribution in [2.75, 3.05) is 19.0 Å². The smallest absolute Gasteiger partial charge is 0.266 e. The molecule has 5 nitrogen and oxygen atoms in total. The van der Waals surface area contributed by atoms with Crippen LogP contribution < -0.4 is 14.8 Å². The predicted octanol–water partition coefficient (Wildman–Crippen LogP) is 4.24. The monoisotopic (exact) mass is 448 g/mol. The lowest BCUT2D eigenvalue weighted by molar-refractivity contribution is -0.112. The van der Waals surface area contributed by atoms with E-state index in [4.69, 9.17) is 9.47 Å². The first-order valence-corrected chi connectivity index (χ1v) is 8.64. The first kappa shape index (κ1) is 18.8. The summed E-state index contributed by atoms with van der Waals surface area (Å²) in [4.78, 5) is 12.3. The summed E-state index contributed by atoms with van der Waals surface area (Å²) >= 11 is 2.16. The average molecular weight is 448 g/mol. The van der Waals surface area contributed by atoms with Crippen molar-refractivity contribution < 1.29 is 14.3 Å². The summed E-state index contributed by atoms with van der Waals surface area (Å²) < 4.78 is 11.7. The second-order valence-electron chi connectivity index (χ2n) is 4.98. The molecule has 0 bridgehead atoms. The summed E-state index contributed by atoms with van der Waals surface area (Å²) in [7, 11) is 1.54. The van der Waals surface area contributed by atoms with Crippen molar-refractivity contribution in [3.63, 3.8) is 0 Å². The van der Waals surface area contributed by atoms with Crippen LogP contribution in [-0.2, 0) is 4.79 Å². The maximum absolute atomic E-state index is 12.3. The number of benzene rings is 2. The van der Waals surface area contributed by atoms with E-state index in [1.54, 1.807) is 31.4 Å². The van der Waals surface area contributed by atoms with Crippen molar-refractivity contribution in [1.29, 1.82) is 5.26 Å². The largest absolute Gasteiger partial charge is 0.493 e. The third-order valence-corrected chi connectivity index (χ3v) is 3.92. The van der Waals surface area contributed by atoms with Gasteiger partial charge in [0.15, 0.2) is 11.5 Å². The van der Waals surface area contributed by atoms with Crippen LogP contribution in [0.15, 0.2) is 48.0 Å². The number of anilines is 1. The number of hydrogen-bond acceptors (Lipinski definition) is 4. The molecule has 0 unspecified atom stereocenters. The minimum Gasteiger partial charge on any atom is -0.493 e.